The number of rotatable bonds is 4. The van der Waals surface area contributed by atoms with E-state index in [4.69, 9.17) is 4.74 Å². The van der Waals surface area contributed by atoms with Crippen molar-refractivity contribution in [2.24, 2.45) is 5.92 Å². The average molecular weight is 227 g/mol. The molecule has 1 rings (SSSR count). The molecule has 0 heterocycles. The molecule has 0 bridgehead atoms. The lowest BCUT2D eigenvalue weighted by atomic mass is 9.88. The summed E-state index contributed by atoms with van der Waals surface area (Å²) in [6, 6.07) is 0. The van der Waals surface area contributed by atoms with E-state index in [0.717, 1.165) is 25.7 Å². The number of carbonyl (C=O) groups is 2. The maximum absolute atomic E-state index is 12.0. The Balaban J connectivity index is 2.37. The van der Waals surface area contributed by atoms with E-state index in [2.05, 4.69) is 0 Å². The standard InChI is InChI=1S/C12H21NO3/c1-3-16-11(14)9-13(2)12(15)10-7-5-4-6-8-10/h10H,3-9H2,1-2H3. The van der Waals surface area contributed by atoms with Crippen LogP contribution in [-0.4, -0.2) is 37.0 Å². The first-order valence-electron chi connectivity index (χ1n) is 6.05. The Morgan fingerprint density at radius 1 is 1.25 bits per heavy atom. The van der Waals surface area contributed by atoms with Crippen molar-refractivity contribution in [2.45, 2.75) is 39.0 Å². The van der Waals surface area contributed by atoms with E-state index in [1.165, 1.54) is 11.3 Å². The zero-order chi connectivity index (χ0) is 12.0. The minimum Gasteiger partial charge on any atom is -0.465 e. The predicted molar refractivity (Wildman–Crippen MR) is 60.8 cm³/mol. The second-order valence-electron chi connectivity index (χ2n) is 4.33. The Morgan fingerprint density at radius 2 is 1.88 bits per heavy atom. The normalized spacial score (nSPS) is 16.9. The van der Waals surface area contributed by atoms with Crippen LogP contribution in [0.1, 0.15) is 39.0 Å². The highest BCUT2D eigenvalue weighted by atomic mass is 16.5. The van der Waals surface area contributed by atoms with Gasteiger partial charge >= 0.3 is 5.97 Å². The van der Waals surface area contributed by atoms with E-state index in [-0.39, 0.29) is 24.3 Å². The van der Waals surface area contributed by atoms with Gasteiger partial charge in [-0.15, -0.1) is 0 Å². The number of esters is 1. The van der Waals surface area contributed by atoms with Crippen LogP contribution in [0.5, 0.6) is 0 Å². The minimum atomic E-state index is -0.325. The summed E-state index contributed by atoms with van der Waals surface area (Å²) in [6.45, 7) is 2.20. The van der Waals surface area contributed by atoms with E-state index in [9.17, 15) is 9.59 Å². The zero-order valence-corrected chi connectivity index (χ0v) is 10.2. The molecule has 1 aliphatic rings. The summed E-state index contributed by atoms with van der Waals surface area (Å²) in [4.78, 5) is 24.7. The number of carbonyl (C=O) groups excluding carboxylic acids is 2. The molecule has 1 fully saturated rings. The first kappa shape index (κ1) is 13.0. The van der Waals surface area contributed by atoms with E-state index in [0.29, 0.717) is 6.61 Å². The minimum absolute atomic E-state index is 0.0726. The molecule has 16 heavy (non-hydrogen) atoms. The summed E-state index contributed by atoms with van der Waals surface area (Å²) >= 11 is 0. The van der Waals surface area contributed by atoms with E-state index in [1.807, 2.05) is 0 Å². The van der Waals surface area contributed by atoms with Crippen LogP contribution in [0.25, 0.3) is 0 Å². The number of nitrogens with zero attached hydrogens (tertiary/aromatic N) is 1. The van der Waals surface area contributed by atoms with Gasteiger partial charge in [-0.05, 0) is 19.8 Å². The molecule has 4 nitrogen and oxygen atoms in total. The highest BCUT2D eigenvalue weighted by Gasteiger charge is 2.25. The van der Waals surface area contributed by atoms with Gasteiger partial charge in [0.05, 0.1) is 6.61 Å². The van der Waals surface area contributed by atoms with Gasteiger partial charge in [0.2, 0.25) is 5.91 Å². The molecular formula is C12H21NO3. The number of hydrogen-bond donors (Lipinski definition) is 0. The number of hydrogen-bond acceptors (Lipinski definition) is 3. The third kappa shape index (κ3) is 3.83. The SMILES string of the molecule is CCOC(=O)CN(C)C(=O)C1CCCCC1. The predicted octanol–water partition coefficient (Wildman–Crippen LogP) is 1.59. The van der Waals surface area contributed by atoms with Gasteiger partial charge in [0, 0.05) is 13.0 Å². The molecule has 0 N–H and O–H groups in total. The summed E-state index contributed by atoms with van der Waals surface area (Å²) in [6.07, 6.45) is 5.41. The van der Waals surface area contributed by atoms with E-state index >= 15 is 0 Å². The fourth-order valence-electron chi connectivity index (χ4n) is 2.14. The second kappa shape index (κ2) is 6.51. The van der Waals surface area contributed by atoms with Crippen molar-refractivity contribution in [1.82, 2.24) is 4.90 Å². The van der Waals surface area contributed by atoms with Gasteiger partial charge in [0.15, 0.2) is 0 Å². The molecule has 1 saturated carbocycles. The molecule has 0 radical (unpaired) electrons. The van der Waals surface area contributed by atoms with Crippen LogP contribution in [0.2, 0.25) is 0 Å². The summed E-state index contributed by atoms with van der Waals surface area (Å²) in [5.41, 5.74) is 0. The Labute approximate surface area is 96.9 Å². The lowest BCUT2D eigenvalue weighted by Gasteiger charge is -2.25. The second-order valence-corrected chi connectivity index (χ2v) is 4.33. The van der Waals surface area contributed by atoms with Crippen LogP contribution < -0.4 is 0 Å². The molecule has 0 atom stereocenters. The van der Waals surface area contributed by atoms with Crippen molar-refractivity contribution in [3.8, 4) is 0 Å². The third-order valence-corrected chi connectivity index (χ3v) is 3.00. The lowest BCUT2D eigenvalue weighted by molar-refractivity contribution is -0.149. The Bertz CT molecular complexity index is 247. The monoisotopic (exact) mass is 227 g/mol. The van der Waals surface area contributed by atoms with Gasteiger partial charge in [-0.25, -0.2) is 0 Å². The summed E-state index contributed by atoms with van der Waals surface area (Å²) in [5.74, 6) is -0.116. The quantitative estimate of drug-likeness (QED) is 0.685. The molecule has 0 aliphatic heterocycles. The van der Waals surface area contributed by atoms with Crippen LogP contribution in [0.4, 0.5) is 0 Å². The van der Waals surface area contributed by atoms with Crippen LogP contribution in [0.3, 0.4) is 0 Å². The highest BCUT2D eigenvalue weighted by molar-refractivity contribution is 5.83. The van der Waals surface area contributed by atoms with E-state index < -0.39 is 0 Å². The molecule has 1 aliphatic carbocycles. The zero-order valence-electron chi connectivity index (χ0n) is 10.2. The molecule has 92 valence electrons. The Hall–Kier alpha value is -1.06. The number of ether oxygens (including phenoxy) is 1. The van der Waals surface area contributed by atoms with Crippen molar-refractivity contribution in [2.75, 3.05) is 20.2 Å². The van der Waals surface area contributed by atoms with Gasteiger partial charge in [0.25, 0.3) is 0 Å². The summed E-state index contributed by atoms with van der Waals surface area (Å²) in [7, 11) is 1.67. The smallest absolute Gasteiger partial charge is 0.325 e. The molecule has 0 aromatic rings. The molecule has 0 unspecified atom stereocenters. The highest BCUT2D eigenvalue weighted by Crippen LogP contribution is 2.24. The maximum Gasteiger partial charge on any atom is 0.325 e. The average Bonchev–Trinajstić information content (AvgIpc) is 2.29. The molecule has 0 aromatic heterocycles. The van der Waals surface area contributed by atoms with Gasteiger partial charge in [-0.3, -0.25) is 9.59 Å². The first-order valence-corrected chi connectivity index (χ1v) is 6.05. The van der Waals surface area contributed by atoms with Gasteiger partial charge in [-0.2, -0.15) is 0 Å². The van der Waals surface area contributed by atoms with Gasteiger partial charge in [0.1, 0.15) is 6.54 Å². The van der Waals surface area contributed by atoms with Gasteiger partial charge < -0.3 is 9.64 Å². The largest absolute Gasteiger partial charge is 0.465 e. The topological polar surface area (TPSA) is 46.6 Å². The van der Waals surface area contributed by atoms with Crippen LogP contribution in [0, 0.1) is 5.92 Å². The summed E-state index contributed by atoms with van der Waals surface area (Å²) in [5, 5.41) is 0. The molecular weight excluding hydrogens is 206 g/mol. The molecule has 1 amide bonds. The van der Waals surface area contributed by atoms with Crippen molar-refractivity contribution < 1.29 is 14.3 Å². The maximum atomic E-state index is 12.0. The van der Waals surface area contributed by atoms with Gasteiger partial charge in [-0.1, -0.05) is 19.3 Å². The van der Waals surface area contributed by atoms with Crippen molar-refractivity contribution in [1.29, 1.82) is 0 Å². The molecule has 4 heteroatoms. The van der Waals surface area contributed by atoms with E-state index in [1.54, 1.807) is 14.0 Å². The fourth-order valence-corrected chi connectivity index (χ4v) is 2.14. The molecule has 0 aromatic carbocycles. The number of likely N-dealkylation sites (N-methyl/N-ethyl adjacent to an activating group) is 1. The lowest BCUT2D eigenvalue weighted by Crippen LogP contribution is -2.37. The Kier molecular flexibility index (Phi) is 5.29. The molecule has 0 spiro atoms. The molecule has 0 saturated heterocycles. The van der Waals surface area contributed by atoms with Crippen molar-refractivity contribution in [3.63, 3.8) is 0 Å². The van der Waals surface area contributed by atoms with Crippen molar-refractivity contribution >= 4 is 11.9 Å². The van der Waals surface area contributed by atoms with Crippen LogP contribution >= 0.6 is 0 Å². The third-order valence-electron chi connectivity index (χ3n) is 3.00. The Morgan fingerprint density at radius 3 is 2.44 bits per heavy atom. The fraction of sp³-hybridized carbons (Fsp3) is 0.833. The van der Waals surface area contributed by atoms with Crippen molar-refractivity contribution in [3.05, 3.63) is 0 Å². The van der Waals surface area contributed by atoms with Crippen LogP contribution in [0.15, 0.2) is 0 Å². The van der Waals surface area contributed by atoms with Crippen LogP contribution in [-0.2, 0) is 14.3 Å². The summed E-state index contributed by atoms with van der Waals surface area (Å²) < 4.78 is 4.82. The number of amides is 1. The first-order chi connectivity index (χ1) is 7.65.